The molecule has 34 heavy (non-hydrogen) atoms. The first-order chi connectivity index (χ1) is 16.6. The first kappa shape index (κ1) is 23.6. The van der Waals surface area contributed by atoms with Gasteiger partial charge in [-0.15, -0.1) is 0 Å². The van der Waals surface area contributed by atoms with Crippen LogP contribution in [-0.2, 0) is 11.2 Å². The molecule has 0 saturated carbocycles. The Morgan fingerprint density at radius 1 is 1.15 bits per heavy atom. The summed E-state index contributed by atoms with van der Waals surface area (Å²) < 4.78 is 10.9. The summed E-state index contributed by atoms with van der Waals surface area (Å²) in [5.74, 6) is 0.766. The lowest BCUT2D eigenvalue weighted by Crippen LogP contribution is -2.41. The SMILES string of the molecule is CCc1ncnc(-c2ccc(C(=O)NCCN3CCOCC3)c(OC)c2)c1-c1ccc(N)nc1. The van der Waals surface area contributed by atoms with Crippen molar-refractivity contribution >= 4 is 11.7 Å². The molecule has 178 valence electrons. The molecule has 0 spiro atoms. The molecule has 0 atom stereocenters. The smallest absolute Gasteiger partial charge is 0.255 e. The van der Waals surface area contributed by atoms with Crippen molar-refractivity contribution in [3.05, 3.63) is 54.1 Å². The largest absolute Gasteiger partial charge is 0.496 e. The van der Waals surface area contributed by atoms with E-state index in [4.69, 9.17) is 15.2 Å². The molecule has 1 aliphatic heterocycles. The fourth-order valence-corrected chi connectivity index (χ4v) is 4.04. The Bertz CT molecular complexity index is 1130. The van der Waals surface area contributed by atoms with Crippen LogP contribution in [0.15, 0.2) is 42.9 Å². The maximum absolute atomic E-state index is 12.9. The normalized spacial score (nSPS) is 14.1. The highest BCUT2D eigenvalue weighted by molar-refractivity contribution is 5.98. The summed E-state index contributed by atoms with van der Waals surface area (Å²) in [6, 6.07) is 9.17. The fraction of sp³-hybridized carbons (Fsp3) is 0.360. The molecule has 3 heterocycles. The van der Waals surface area contributed by atoms with Crippen molar-refractivity contribution in [2.45, 2.75) is 13.3 Å². The Morgan fingerprint density at radius 2 is 1.94 bits per heavy atom. The summed E-state index contributed by atoms with van der Waals surface area (Å²) in [6.07, 6.45) is 4.02. The average Bonchev–Trinajstić information content (AvgIpc) is 2.89. The van der Waals surface area contributed by atoms with Crippen LogP contribution in [0.5, 0.6) is 5.75 Å². The highest BCUT2D eigenvalue weighted by Gasteiger charge is 2.19. The number of nitrogens with two attached hydrogens (primary N) is 1. The summed E-state index contributed by atoms with van der Waals surface area (Å²) in [7, 11) is 1.56. The van der Waals surface area contributed by atoms with Gasteiger partial charge in [-0.3, -0.25) is 9.69 Å². The minimum absolute atomic E-state index is 0.170. The van der Waals surface area contributed by atoms with Gasteiger partial charge >= 0.3 is 0 Å². The third-order valence-corrected chi connectivity index (χ3v) is 5.87. The monoisotopic (exact) mass is 462 g/mol. The molecule has 3 N–H and O–H groups in total. The molecule has 3 aromatic rings. The summed E-state index contributed by atoms with van der Waals surface area (Å²) in [6.45, 7) is 6.64. The van der Waals surface area contributed by atoms with Crippen molar-refractivity contribution in [2.24, 2.45) is 0 Å². The highest BCUT2D eigenvalue weighted by atomic mass is 16.5. The number of aromatic nitrogens is 3. The Morgan fingerprint density at radius 3 is 2.65 bits per heavy atom. The van der Waals surface area contributed by atoms with E-state index in [2.05, 4.69) is 25.2 Å². The molecular formula is C25H30N6O3. The molecule has 1 aromatic carbocycles. The van der Waals surface area contributed by atoms with E-state index in [9.17, 15) is 4.79 Å². The minimum Gasteiger partial charge on any atom is -0.496 e. The number of nitrogens with zero attached hydrogens (tertiary/aromatic N) is 4. The number of nitrogens with one attached hydrogen (secondary N) is 1. The van der Waals surface area contributed by atoms with Gasteiger partial charge in [-0.1, -0.05) is 13.0 Å². The number of benzene rings is 1. The molecule has 0 unspecified atom stereocenters. The zero-order chi connectivity index (χ0) is 23.9. The second-order valence-electron chi connectivity index (χ2n) is 7.99. The highest BCUT2D eigenvalue weighted by Crippen LogP contribution is 2.35. The minimum atomic E-state index is -0.170. The van der Waals surface area contributed by atoms with Gasteiger partial charge in [0, 0.05) is 49.1 Å². The molecule has 4 rings (SSSR count). The number of hydrogen-bond acceptors (Lipinski definition) is 8. The number of carbonyl (C=O) groups excluding carboxylic acids is 1. The van der Waals surface area contributed by atoms with Crippen molar-refractivity contribution in [3.8, 4) is 28.1 Å². The maximum atomic E-state index is 12.9. The van der Waals surface area contributed by atoms with Crippen LogP contribution in [0.1, 0.15) is 23.0 Å². The molecule has 0 aliphatic carbocycles. The third kappa shape index (κ3) is 5.32. The van der Waals surface area contributed by atoms with Gasteiger partial charge in [-0.05, 0) is 30.7 Å². The van der Waals surface area contributed by atoms with E-state index in [-0.39, 0.29) is 5.91 Å². The van der Waals surface area contributed by atoms with Crippen LogP contribution >= 0.6 is 0 Å². The van der Waals surface area contributed by atoms with Gasteiger partial charge in [0.1, 0.15) is 17.9 Å². The van der Waals surface area contributed by atoms with Crippen LogP contribution in [0, 0.1) is 0 Å². The van der Waals surface area contributed by atoms with Crippen molar-refractivity contribution in [3.63, 3.8) is 0 Å². The lowest BCUT2D eigenvalue weighted by atomic mass is 9.96. The Balaban J connectivity index is 1.59. The van der Waals surface area contributed by atoms with E-state index >= 15 is 0 Å². The molecule has 0 bridgehead atoms. The Kier molecular flexibility index (Phi) is 7.66. The molecule has 1 amide bonds. The van der Waals surface area contributed by atoms with Crippen LogP contribution in [0.4, 0.5) is 5.82 Å². The van der Waals surface area contributed by atoms with Crippen molar-refractivity contribution in [1.82, 2.24) is 25.2 Å². The van der Waals surface area contributed by atoms with Gasteiger partial charge in [0.15, 0.2) is 0 Å². The summed E-state index contributed by atoms with van der Waals surface area (Å²) in [5.41, 5.74) is 10.5. The standard InChI is InChI=1S/C25H30N6O3/c1-3-20-23(18-5-7-22(26)28-15-18)24(30-16-29-20)17-4-6-19(21(14-17)33-2)25(32)27-8-9-31-10-12-34-13-11-31/h4-7,14-16H,3,8-13H2,1-2H3,(H2,26,28)(H,27,32). The summed E-state index contributed by atoms with van der Waals surface area (Å²) in [5, 5.41) is 2.99. The summed E-state index contributed by atoms with van der Waals surface area (Å²) in [4.78, 5) is 28.4. The average molecular weight is 463 g/mol. The van der Waals surface area contributed by atoms with Gasteiger partial charge < -0.3 is 20.5 Å². The third-order valence-electron chi connectivity index (χ3n) is 5.87. The Labute approximate surface area is 199 Å². The van der Waals surface area contributed by atoms with E-state index < -0.39 is 0 Å². The predicted octanol–water partition coefficient (Wildman–Crippen LogP) is 2.42. The predicted molar refractivity (Wildman–Crippen MR) is 131 cm³/mol. The van der Waals surface area contributed by atoms with Gasteiger partial charge in [0.2, 0.25) is 0 Å². The molecular weight excluding hydrogens is 432 g/mol. The number of amides is 1. The van der Waals surface area contributed by atoms with Crippen LogP contribution in [0.3, 0.4) is 0 Å². The van der Waals surface area contributed by atoms with Gasteiger partial charge in [-0.25, -0.2) is 15.0 Å². The van der Waals surface area contributed by atoms with Gasteiger partial charge in [0.25, 0.3) is 5.91 Å². The van der Waals surface area contributed by atoms with E-state index in [0.29, 0.717) is 23.7 Å². The molecule has 1 aliphatic rings. The molecule has 1 fully saturated rings. The number of ether oxygens (including phenoxy) is 2. The maximum Gasteiger partial charge on any atom is 0.255 e. The van der Waals surface area contributed by atoms with E-state index in [1.54, 1.807) is 31.8 Å². The molecule has 2 aromatic heterocycles. The second kappa shape index (κ2) is 11.0. The number of nitrogen functional groups attached to an aromatic ring is 1. The van der Waals surface area contributed by atoms with Gasteiger partial charge in [0.05, 0.1) is 37.3 Å². The van der Waals surface area contributed by atoms with Gasteiger partial charge in [-0.2, -0.15) is 0 Å². The van der Waals surface area contributed by atoms with E-state index in [1.165, 1.54) is 0 Å². The summed E-state index contributed by atoms with van der Waals surface area (Å²) >= 11 is 0. The first-order valence-corrected chi connectivity index (χ1v) is 11.4. The number of morpholine rings is 1. The first-order valence-electron chi connectivity index (χ1n) is 11.4. The van der Waals surface area contributed by atoms with Crippen molar-refractivity contribution < 1.29 is 14.3 Å². The second-order valence-corrected chi connectivity index (χ2v) is 7.99. The number of aryl methyl sites for hydroxylation is 1. The zero-order valence-corrected chi connectivity index (χ0v) is 19.6. The molecule has 9 heteroatoms. The molecule has 0 radical (unpaired) electrons. The molecule has 1 saturated heterocycles. The number of methoxy groups -OCH3 is 1. The van der Waals surface area contributed by atoms with E-state index in [0.717, 1.165) is 67.3 Å². The number of carbonyl (C=O) groups is 1. The lowest BCUT2D eigenvalue weighted by molar-refractivity contribution is 0.0383. The van der Waals surface area contributed by atoms with Crippen LogP contribution < -0.4 is 15.8 Å². The van der Waals surface area contributed by atoms with E-state index in [1.807, 2.05) is 25.1 Å². The van der Waals surface area contributed by atoms with Crippen LogP contribution in [-0.4, -0.2) is 72.3 Å². The van der Waals surface area contributed by atoms with Crippen molar-refractivity contribution in [1.29, 1.82) is 0 Å². The molecule has 9 nitrogen and oxygen atoms in total. The zero-order valence-electron chi connectivity index (χ0n) is 19.6. The lowest BCUT2D eigenvalue weighted by Gasteiger charge is -2.26. The number of hydrogen-bond donors (Lipinski definition) is 2. The topological polar surface area (TPSA) is 115 Å². The van der Waals surface area contributed by atoms with Crippen LogP contribution in [0.25, 0.3) is 22.4 Å². The van der Waals surface area contributed by atoms with Crippen LogP contribution in [0.2, 0.25) is 0 Å². The Hall–Kier alpha value is -3.56. The number of pyridine rings is 1. The number of anilines is 1. The fourth-order valence-electron chi connectivity index (χ4n) is 4.04. The quantitative estimate of drug-likeness (QED) is 0.524. The van der Waals surface area contributed by atoms with Crippen molar-refractivity contribution in [2.75, 3.05) is 52.2 Å². The number of rotatable bonds is 8.